The lowest BCUT2D eigenvalue weighted by Crippen LogP contribution is -2.18. The van der Waals surface area contributed by atoms with E-state index in [0.29, 0.717) is 19.8 Å². The highest BCUT2D eigenvalue weighted by Gasteiger charge is 2.17. The van der Waals surface area contributed by atoms with Crippen molar-refractivity contribution in [1.29, 1.82) is 0 Å². The topological polar surface area (TPSA) is 38.7 Å². The van der Waals surface area contributed by atoms with Crippen molar-refractivity contribution in [2.45, 2.75) is 19.8 Å². The van der Waals surface area contributed by atoms with E-state index in [1.54, 1.807) is 7.11 Å². The van der Waals surface area contributed by atoms with Crippen molar-refractivity contribution in [3.8, 4) is 0 Å². The van der Waals surface area contributed by atoms with E-state index in [2.05, 4.69) is 6.58 Å². The molecule has 1 atom stereocenters. The molecule has 0 spiro atoms. The maximum absolute atomic E-state index is 9.09. The molecular formula is C11H22O3. The van der Waals surface area contributed by atoms with Crippen LogP contribution in [0, 0.1) is 5.41 Å². The summed E-state index contributed by atoms with van der Waals surface area (Å²) in [6.45, 7) is 7.85. The predicted octanol–water partition coefficient (Wildman–Crippen LogP) is 1.61. The molecule has 0 aliphatic carbocycles. The monoisotopic (exact) mass is 202 g/mol. The van der Waals surface area contributed by atoms with Crippen LogP contribution in [-0.2, 0) is 9.47 Å². The molecule has 3 nitrogen and oxygen atoms in total. The number of rotatable bonds is 9. The fourth-order valence-electron chi connectivity index (χ4n) is 1.07. The summed E-state index contributed by atoms with van der Waals surface area (Å²) in [5.74, 6) is 0. The predicted molar refractivity (Wildman–Crippen MR) is 57.3 cm³/mol. The van der Waals surface area contributed by atoms with E-state index in [9.17, 15) is 0 Å². The Hall–Kier alpha value is -0.380. The lowest BCUT2D eigenvalue weighted by atomic mass is 9.87. The van der Waals surface area contributed by atoms with Crippen LogP contribution < -0.4 is 0 Å². The van der Waals surface area contributed by atoms with Crippen LogP contribution in [0.1, 0.15) is 19.8 Å². The first-order valence-corrected chi connectivity index (χ1v) is 4.99. The zero-order valence-electron chi connectivity index (χ0n) is 9.29. The minimum absolute atomic E-state index is 0.147. The zero-order valence-corrected chi connectivity index (χ0v) is 9.29. The fraction of sp³-hybridized carbons (Fsp3) is 0.818. The molecule has 0 bridgehead atoms. The van der Waals surface area contributed by atoms with Crippen molar-refractivity contribution in [2.24, 2.45) is 5.41 Å². The van der Waals surface area contributed by atoms with Gasteiger partial charge in [0, 0.05) is 19.1 Å². The number of hydrogen-bond acceptors (Lipinski definition) is 3. The zero-order chi connectivity index (χ0) is 10.9. The van der Waals surface area contributed by atoms with Crippen LogP contribution in [0.25, 0.3) is 0 Å². The van der Waals surface area contributed by atoms with Gasteiger partial charge in [-0.3, -0.25) is 0 Å². The van der Waals surface area contributed by atoms with Gasteiger partial charge < -0.3 is 14.6 Å². The van der Waals surface area contributed by atoms with Crippen molar-refractivity contribution in [3.63, 3.8) is 0 Å². The van der Waals surface area contributed by atoms with Gasteiger partial charge in [0.05, 0.1) is 19.8 Å². The van der Waals surface area contributed by atoms with Gasteiger partial charge in [0.2, 0.25) is 0 Å². The van der Waals surface area contributed by atoms with Crippen LogP contribution in [0.15, 0.2) is 12.7 Å². The average Bonchev–Trinajstić information content (AvgIpc) is 2.23. The summed E-state index contributed by atoms with van der Waals surface area (Å²) in [6.07, 6.45) is 3.65. The molecule has 84 valence electrons. The minimum atomic E-state index is -0.162. The maximum Gasteiger partial charge on any atom is 0.0700 e. The number of aliphatic hydroxyl groups excluding tert-OH is 1. The molecule has 0 amide bonds. The molecule has 1 unspecified atom stereocenters. The third-order valence-corrected chi connectivity index (χ3v) is 2.32. The molecule has 0 aromatic heterocycles. The van der Waals surface area contributed by atoms with Crippen LogP contribution in [-0.4, -0.2) is 38.6 Å². The molecule has 0 aromatic rings. The van der Waals surface area contributed by atoms with Gasteiger partial charge in [0.1, 0.15) is 0 Å². The van der Waals surface area contributed by atoms with Crippen molar-refractivity contribution >= 4 is 0 Å². The molecule has 14 heavy (non-hydrogen) atoms. The third kappa shape index (κ3) is 6.13. The van der Waals surface area contributed by atoms with Crippen LogP contribution in [0.3, 0.4) is 0 Å². The molecule has 0 saturated carbocycles. The molecule has 0 rings (SSSR count). The van der Waals surface area contributed by atoms with Crippen LogP contribution in [0.2, 0.25) is 0 Å². The smallest absolute Gasteiger partial charge is 0.0700 e. The summed E-state index contributed by atoms with van der Waals surface area (Å²) in [6, 6.07) is 0. The van der Waals surface area contributed by atoms with Crippen LogP contribution in [0.4, 0.5) is 0 Å². The molecule has 0 heterocycles. The standard InChI is InChI=1S/C11H22O3/c1-4-11(2,10-12)6-5-7-14-9-8-13-3/h4,12H,1,5-10H2,2-3H3. The molecule has 0 fully saturated rings. The largest absolute Gasteiger partial charge is 0.395 e. The van der Waals surface area contributed by atoms with E-state index in [-0.39, 0.29) is 12.0 Å². The highest BCUT2D eigenvalue weighted by Crippen LogP contribution is 2.23. The molecule has 0 aromatic carbocycles. The Balaban J connectivity index is 3.38. The van der Waals surface area contributed by atoms with Gasteiger partial charge in [-0.25, -0.2) is 0 Å². The van der Waals surface area contributed by atoms with Crippen molar-refractivity contribution in [1.82, 2.24) is 0 Å². The number of hydrogen-bond donors (Lipinski definition) is 1. The van der Waals surface area contributed by atoms with E-state index in [1.807, 2.05) is 13.0 Å². The first-order chi connectivity index (χ1) is 6.68. The third-order valence-electron chi connectivity index (χ3n) is 2.32. The average molecular weight is 202 g/mol. The van der Waals surface area contributed by atoms with Gasteiger partial charge in [-0.15, -0.1) is 6.58 Å². The van der Waals surface area contributed by atoms with Crippen molar-refractivity contribution in [2.75, 3.05) is 33.5 Å². The molecule has 3 heteroatoms. The highest BCUT2D eigenvalue weighted by atomic mass is 16.5. The number of ether oxygens (including phenoxy) is 2. The first-order valence-electron chi connectivity index (χ1n) is 4.99. The Morgan fingerprint density at radius 2 is 2.07 bits per heavy atom. The Labute approximate surface area is 86.7 Å². The Morgan fingerprint density at radius 3 is 2.57 bits per heavy atom. The lowest BCUT2D eigenvalue weighted by Gasteiger charge is -2.22. The summed E-state index contributed by atoms with van der Waals surface area (Å²) >= 11 is 0. The summed E-state index contributed by atoms with van der Waals surface area (Å²) in [5, 5.41) is 9.09. The molecule has 0 saturated heterocycles. The first kappa shape index (κ1) is 13.6. The normalized spacial score (nSPS) is 15.1. The maximum atomic E-state index is 9.09. The minimum Gasteiger partial charge on any atom is -0.395 e. The number of aliphatic hydroxyl groups is 1. The van der Waals surface area contributed by atoms with Gasteiger partial charge in [-0.05, 0) is 12.8 Å². The summed E-state index contributed by atoms with van der Waals surface area (Å²) in [4.78, 5) is 0. The Bertz CT molecular complexity index is 147. The van der Waals surface area contributed by atoms with Crippen molar-refractivity contribution < 1.29 is 14.6 Å². The Kier molecular flexibility index (Phi) is 7.76. The lowest BCUT2D eigenvalue weighted by molar-refractivity contribution is 0.0629. The van der Waals surface area contributed by atoms with E-state index < -0.39 is 0 Å². The molecule has 1 N–H and O–H groups in total. The molecule has 0 aliphatic rings. The van der Waals surface area contributed by atoms with Gasteiger partial charge in [-0.2, -0.15) is 0 Å². The SMILES string of the molecule is C=CC(C)(CO)CCCOCCOC. The quantitative estimate of drug-likeness (QED) is 0.456. The van der Waals surface area contributed by atoms with E-state index in [0.717, 1.165) is 12.8 Å². The van der Waals surface area contributed by atoms with Crippen LogP contribution >= 0.6 is 0 Å². The number of methoxy groups -OCH3 is 1. The van der Waals surface area contributed by atoms with Crippen molar-refractivity contribution in [3.05, 3.63) is 12.7 Å². The molecular weight excluding hydrogens is 180 g/mol. The van der Waals surface area contributed by atoms with Gasteiger partial charge >= 0.3 is 0 Å². The molecule has 0 aliphatic heterocycles. The molecule has 0 radical (unpaired) electrons. The van der Waals surface area contributed by atoms with Gasteiger partial charge in [0.25, 0.3) is 0 Å². The highest BCUT2D eigenvalue weighted by molar-refractivity contribution is 4.90. The second-order valence-electron chi connectivity index (χ2n) is 3.72. The summed E-state index contributed by atoms with van der Waals surface area (Å²) < 4.78 is 10.2. The second-order valence-corrected chi connectivity index (χ2v) is 3.72. The second kappa shape index (κ2) is 7.97. The summed E-state index contributed by atoms with van der Waals surface area (Å²) in [7, 11) is 1.66. The van der Waals surface area contributed by atoms with E-state index in [1.165, 1.54) is 0 Å². The van der Waals surface area contributed by atoms with Gasteiger partial charge in [0.15, 0.2) is 0 Å². The Morgan fingerprint density at radius 1 is 1.36 bits per heavy atom. The fourth-order valence-corrected chi connectivity index (χ4v) is 1.07. The van der Waals surface area contributed by atoms with E-state index >= 15 is 0 Å². The van der Waals surface area contributed by atoms with Crippen LogP contribution in [0.5, 0.6) is 0 Å². The van der Waals surface area contributed by atoms with Gasteiger partial charge in [-0.1, -0.05) is 13.0 Å². The van der Waals surface area contributed by atoms with E-state index in [4.69, 9.17) is 14.6 Å². The summed E-state index contributed by atoms with van der Waals surface area (Å²) in [5.41, 5.74) is -0.162.